The van der Waals surface area contributed by atoms with Gasteiger partial charge in [0.05, 0.1) is 11.9 Å². The van der Waals surface area contributed by atoms with Gasteiger partial charge < -0.3 is 0 Å². The van der Waals surface area contributed by atoms with Gasteiger partial charge in [-0.25, -0.2) is 13.4 Å². The van der Waals surface area contributed by atoms with Gasteiger partial charge in [0.1, 0.15) is 5.01 Å². The smallest absolute Gasteiger partial charge is 0.229 e. The second-order valence-corrected chi connectivity index (χ2v) is 8.19. The van der Waals surface area contributed by atoms with E-state index in [4.69, 9.17) is 4.98 Å². The van der Waals surface area contributed by atoms with Crippen molar-refractivity contribution < 1.29 is 8.42 Å². The van der Waals surface area contributed by atoms with Crippen LogP contribution >= 0.6 is 11.3 Å². The Kier molecular flexibility index (Phi) is 4.19. The summed E-state index contributed by atoms with van der Waals surface area (Å²) in [4.78, 5) is 5.87. The van der Waals surface area contributed by atoms with Gasteiger partial charge in [-0.3, -0.25) is 4.72 Å². The van der Waals surface area contributed by atoms with E-state index >= 15 is 0 Å². The van der Waals surface area contributed by atoms with E-state index in [0.29, 0.717) is 5.69 Å². The molecule has 0 radical (unpaired) electrons. The molecular formula is C17H16N2O2S2. The van der Waals surface area contributed by atoms with E-state index in [0.717, 1.165) is 33.0 Å². The molecule has 0 aliphatic carbocycles. The number of aryl methyl sites for hydroxylation is 1. The minimum Gasteiger partial charge on any atom is -0.284 e. The summed E-state index contributed by atoms with van der Waals surface area (Å²) in [6.07, 6.45) is 1.14. The Morgan fingerprint density at radius 1 is 0.957 bits per heavy atom. The van der Waals surface area contributed by atoms with Crippen LogP contribution in [0.25, 0.3) is 21.8 Å². The maximum atomic E-state index is 11.2. The average Bonchev–Trinajstić information content (AvgIpc) is 2.89. The third-order valence-corrected chi connectivity index (χ3v) is 4.91. The molecule has 0 bridgehead atoms. The molecule has 3 rings (SSSR count). The maximum Gasteiger partial charge on any atom is 0.229 e. The van der Waals surface area contributed by atoms with Crippen molar-refractivity contribution in [2.45, 2.75) is 6.92 Å². The third kappa shape index (κ3) is 3.78. The van der Waals surface area contributed by atoms with Gasteiger partial charge in [0.2, 0.25) is 10.0 Å². The van der Waals surface area contributed by atoms with Crippen molar-refractivity contribution in [1.29, 1.82) is 0 Å². The second kappa shape index (κ2) is 6.14. The molecule has 0 aliphatic heterocycles. The number of nitrogens with one attached hydrogen (secondary N) is 1. The first-order valence-corrected chi connectivity index (χ1v) is 9.74. The molecule has 0 fully saturated rings. The Bertz CT molecular complexity index is 915. The Hall–Kier alpha value is -2.18. The summed E-state index contributed by atoms with van der Waals surface area (Å²) < 4.78 is 25.0. The molecule has 2 aromatic carbocycles. The monoisotopic (exact) mass is 344 g/mol. The molecule has 6 heteroatoms. The Morgan fingerprint density at radius 2 is 1.61 bits per heavy atom. The lowest BCUT2D eigenvalue weighted by atomic mass is 10.1. The predicted octanol–water partition coefficient (Wildman–Crippen LogP) is 4.16. The topological polar surface area (TPSA) is 59.1 Å². The van der Waals surface area contributed by atoms with Crippen LogP contribution in [-0.4, -0.2) is 19.7 Å². The predicted molar refractivity (Wildman–Crippen MR) is 96.2 cm³/mol. The molecule has 1 aromatic heterocycles. The fourth-order valence-corrected chi connectivity index (χ4v) is 3.78. The lowest BCUT2D eigenvalue weighted by Gasteiger charge is -2.04. The minimum absolute atomic E-state index is 0.549. The Balaban J connectivity index is 1.92. The Morgan fingerprint density at radius 3 is 2.22 bits per heavy atom. The first-order chi connectivity index (χ1) is 10.9. The average molecular weight is 344 g/mol. The molecule has 0 amide bonds. The highest BCUT2D eigenvalue weighted by molar-refractivity contribution is 7.92. The fraction of sp³-hybridized carbons (Fsp3) is 0.118. The van der Waals surface area contributed by atoms with Crippen molar-refractivity contribution in [3.8, 4) is 21.8 Å². The summed E-state index contributed by atoms with van der Waals surface area (Å²) in [5, 5.41) is 0.983. The van der Waals surface area contributed by atoms with Gasteiger partial charge in [0.15, 0.2) is 0 Å². The summed E-state index contributed by atoms with van der Waals surface area (Å²) in [6.45, 7) is 2.04. The van der Waals surface area contributed by atoms with Gasteiger partial charge in [0.25, 0.3) is 0 Å². The molecule has 0 atom stereocenters. The molecule has 23 heavy (non-hydrogen) atoms. The van der Waals surface area contributed by atoms with Crippen molar-refractivity contribution in [3.63, 3.8) is 0 Å². The number of nitrogens with zero attached hydrogens (tertiary/aromatic N) is 1. The standard InChI is InChI=1S/C17H16N2O2S2/c1-12-16(18-17(22-12)14-6-4-3-5-7-14)13-8-10-15(11-9-13)19-23(2,20)21/h3-11,19H,1-2H3. The molecule has 0 saturated carbocycles. The highest BCUT2D eigenvalue weighted by Crippen LogP contribution is 2.33. The van der Waals surface area contributed by atoms with Crippen LogP contribution in [0.2, 0.25) is 0 Å². The summed E-state index contributed by atoms with van der Waals surface area (Å²) >= 11 is 1.65. The van der Waals surface area contributed by atoms with Crippen LogP contribution in [-0.2, 0) is 10.0 Å². The number of thiazole rings is 1. The number of anilines is 1. The zero-order valence-corrected chi connectivity index (χ0v) is 14.4. The van der Waals surface area contributed by atoms with Crippen LogP contribution in [0.4, 0.5) is 5.69 Å². The van der Waals surface area contributed by atoms with Crippen LogP contribution in [0.1, 0.15) is 4.88 Å². The van der Waals surface area contributed by atoms with Crippen molar-refractivity contribution in [2.24, 2.45) is 0 Å². The van der Waals surface area contributed by atoms with Gasteiger partial charge in [0, 0.05) is 21.7 Å². The molecule has 0 aliphatic rings. The quantitative estimate of drug-likeness (QED) is 0.773. The first kappa shape index (κ1) is 15.7. The second-order valence-electron chi connectivity index (χ2n) is 5.24. The molecule has 0 spiro atoms. The lowest BCUT2D eigenvalue weighted by molar-refractivity contribution is 0.607. The van der Waals surface area contributed by atoms with E-state index in [1.807, 2.05) is 49.4 Å². The van der Waals surface area contributed by atoms with Crippen molar-refractivity contribution in [3.05, 3.63) is 59.5 Å². The number of aromatic nitrogens is 1. The van der Waals surface area contributed by atoms with E-state index in [1.165, 1.54) is 0 Å². The van der Waals surface area contributed by atoms with Crippen molar-refractivity contribution in [1.82, 2.24) is 4.98 Å². The highest BCUT2D eigenvalue weighted by Gasteiger charge is 2.11. The van der Waals surface area contributed by atoms with Gasteiger partial charge in [-0.05, 0) is 19.1 Å². The van der Waals surface area contributed by atoms with E-state index in [9.17, 15) is 8.42 Å². The minimum atomic E-state index is -3.26. The molecule has 0 unspecified atom stereocenters. The van der Waals surface area contributed by atoms with Gasteiger partial charge in [-0.2, -0.15) is 0 Å². The lowest BCUT2D eigenvalue weighted by Crippen LogP contribution is -2.09. The summed E-state index contributed by atoms with van der Waals surface area (Å²) in [7, 11) is -3.26. The molecule has 0 saturated heterocycles. The SMILES string of the molecule is Cc1sc(-c2ccccc2)nc1-c1ccc(NS(C)(=O)=O)cc1. The van der Waals surface area contributed by atoms with Crippen LogP contribution in [0.5, 0.6) is 0 Å². The number of hydrogen-bond donors (Lipinski definition) is 1. The van der Waals surface area contributed by atoms with E-state index in [2.05, 4.69) is 4.72 Å². The number of benzene rings is 2. The van der Waals surface area contributed by atoms with Gasteiger partial charge in [-0.15, -0.1) is 11.3 Å². The Labute approximate surface area is 139 Å². The first-order valence-electron chi connectivity index (χ1n) is 7.03. The van der Waals surface area contributed by atoms with Crippen LogP contribution in [0.3, 0.4) is 0 Å². The molecule has 4 nitrogen and oxygen atoms in total. The van der Waals surface area contributed by atoms with Gasteiger partial charge in [-0.1, -0.05) is 42.5 Å². The van der Waals surface area contributed by atoms with E-state index in [1.54, 1.807) is 23.5 Å². The van der Waals surface area contributed by atoms with E-state index in [-0.39, 0.29) is 0 Å². The van der Waals surface area contributed by atoms with Crippen LogP contribution in [0, 0.1) is 6.92 Å². The maximum absolute atomic E-state index is 11.2. The largest absolute Gasteiger partial charge is 0.284 e. The molecular weight excluding hydrogens is 328 g/mol. The fourth-order valence-electron chi connectivity index (χ4n) is 2.28. The molecule has 1 N–H and O–H groups in total. The molecule has 118 valence electrons. The van der Waals surface area contributed by atoms with Crippen molar-refractivity contribution >= 4 is 27.0 Å². The van der Waals surface area contributed by atoms with E-state index < -0.39 is 10.0 Å². The molecule has 1 heterocycles. The summed E-state index contributed by atoms with van der Waals surface area (Å²) in [5.74, 6) is 0. The number of sulfonamides is 1. The zero-order chi connectivity index (χ0) is 16.4. The number of hydrogen-bond acceptors (Lipinski definition) is 4. The van der Waals surface area contributed by atoms with Crippen LogP contribution < -0.4 is 4.72 Å². The third-order valence-electron chi connectivity index (χ3n) is 3.28. The van der Waals surface area contributed by atoms with Crippen LogP contribution in [0.15, 0.2) is 54.6 Å². The summed E-state index contributed by atoms with van der Waals surface area (Å²) in [6, 6.07) is 17.3. The molecule has 3 aromatic rings. The highest BCUT2D eigenvalue weighted by atomic mass is 32.2. The van der Waals surface area contributed by atoms with Crippen molar-refractivity contribution in [2.75, 3.05) is 11.0 Å². The van der Waals surface area contributed by atoms with Gasteiger partial charge >= 0.3 is 0 Å². The summed E-state index contributed by atoms with van der Waals surface area (Å²) in [5.41, 5.74) is 3.55. The zero-order valence-electron chi connectivity index (χ0n) is 12.8. The number of rotatable bonds is 4. The normalized spacial score (nSPS) is 11.4.